The van der Waals surface area contributed by atoms with E-state index in [1.165, 1.54) is 6.92 Å². The second kappa shape index (κ2) is 8.20. The number of Topliss-reactive ketones (excluding diaryl/α,β-unsaturated/α-hetero) is 1. The maximum absolute atomic E-state index is 11.8. The second-order valence-electron chi connectivity index (χ2n) is 5.21. The monoisotopic (exact) mass is 338 g/mol. The van der Waals surface area contributed by atoms with Crippen LogP contribution in [0.5, 0.6) is 0 Å². The Morgan fingerprint density at radius 1 is 1.27 bits per heavy atom. The topological polar surface area (TPSA) is 162 Å². The van der Waals surface area contributed by atoms with Crippen molar-refractivity contribution in [3.8, 4) is 0 Å². The third-order valence-electron chi connectivity index (χ3n) is 3.38. The number of carbonyl (C=O) groups is 2. The van der Waals surface area contributed by atoms with Crippen LogP contribution in [0.1, 0.15) is 13.3 Å². The highest BCUT2D eigenvalue weighted by molar-refractivity contribution is 7.81. The van der Waals surface area contributed by atoms with Gasteiger partial charge in [0.25, 0.3) is 0 Å². The molecule has 0 aromatic rings. The van der Waals surface area contributed by atoms with E-state index in [1.54, 1.807) is 0 Å². The van der Waals surface area contributed by atoms with Crippen molar-refractivity contribution >= 4 is 24.3 Å². The Hall–Kier alpha value is -0.750. The number of aliphatic hydroxyl groups excluding tert-OH is 4. The summed E-state index contributed by atoms with van der Waals surface area (Å²) in [5.74, 6) is -1.09. The van der Waals surface area contributed by atoms with Crippen molar-refractivity contribution < 1.29 is 34.8 Å². The van der Waals surface area contributed by atoms with Gasteiger partial charge in [-0.3, -0.25) is 9.59 Å². The summed E-state index contributed by atoms with van der Waals surface area (Å²) in [5, 5.41) is 39.6. The van der Waals surface area contributed by atoms with Crippen molar-refractivity contribution in [2.75, 3.05) is 6.61 Å². The van der Waals surface area contributed by atoms with Crippen LogP contribution in [0, 0.1) is 0 Å². The summed E-state index contributed by atoms with van der Waals surface area (Å²) in [7, 11) is 0. The fourth-order valence-corrected chi connectivity index (χ4v) is 2.24. The van der Waals surface area contributed by atoms with Crippen LogP contribution < -0.4 is 11.1 Å². The average molecular weight is 338 g/mol. The number of ether oxygens (including phenoxy) is 1. The Morgan fingerprint density at radius 3 is 2.36 bits per heavy atom. The third kappa shape index (κ3) is 4.62. The molecule has 1 aliphatic heterocycles. The molecule has 1 amide bonds. The largest absolute Gasteiger partial charge is 0.394 e. The predicted octanol–water partition coefficient (Wildman–Crippen LogP) is -3.49. The Labute approximate surface area is 132 Å². The first kappa shape index (κ1) is 19.3. The molecule has 7 N–H and O–H groups in total. The van der Waals surface area contributed by atoms with E-state index in [9.17, 15) is 24.9 Å². The van der Waals surface area contributed by atoms with Crippen LogP contribution in [0.4, 0.5) is 0 Å². The van der Waals surface area contributed by atoms with Gasteiger partial charge in [-0.25, -0.2) is 0 Å². The van der Waals surface area contributed by atoms with E-state index >= 15 is 0 Å². The van der Waals surface area contributed by atoms with E-state index in [0.29, 0.717) is 0 Å². The van der Waals surface area contributed by atoms with Crippen molar-refractivity contribution in [1.29, 1.82) is 0 Å². The van der Waals surface area contributed by atoms with E-state index in [0.717, 1.165) is 0 Å². The predicted molar refractivity (Wildman–Crippen MR) is 78.0 cm³/mol. The summed E-state index contributed by atoms with van der Waals surface area (Å²) in [6, 6.07) is -1.06. The number of nitrogens with two attached hydrogens (primary N) is 1. The lowest BCUT2D eigenvalue weighted by Crippen LogP contribution is -2.63. The van der Waals surface area contributed by atoms with Gasteiger partial charge in [-0.15, -0.1) is 0 Å². The summed E-state index contributed by atoms with van der Waals surface area (Å²) in [6.45, 7) is 0.924. The summed E-state index contributed by atoms with van der Waals surface area (Å²) in [4.78, 5) is 23.4. The summed E-state index contributed by atoms with van der Waals surface area (Å²) < 4.78 is 5.11. The van der Waals surface area contributed by atoms with E-state index in [2.05, 4.69) is 17.9 Å². The Balaban J connectivity index is 2.61. The van der Waals surface area contributed by atoms with Gasteiger partial charge in [0.15, 0.2) is 12.0 Å². The van der Waals surface area contributed by atoms with Crippen LogP contribution in [-0.4, -0.2) is 80.7 Å². The third-order valence-corrected chi connectivity index (χ3v) is 3.63. The zero-order valence-electron chi connectivity index (χ0n) is 12.0. The lowest BCUT2D eigenvalue weighted by Gasteiger charge is -2.40. The first-order valence-electron chi connectivity index (χ1n) is 6.76. The molecule has 1 fully saturated rings. The highest BCUT2D eigenvalue weighted by Crippen LogP contribution is 2.19. The van der Waals surface area contributed by atoms with Gasteiger partial charge in [0.05, 0.1) is 17.9 Å². The van der Waals surface area contributed by atoms with Gasteiger partial charge in [0.1, 0.15) is 24.4 Å². The maximum Gasteiger partial charge on any atom is 0.224 e. The fourth-order valence-electron chi connectivity index (χ4n) is 2.05. The number of rotatable bonds is 6. The molecule has 22 heavy (non-hydrogen) atoms. The number of nitrogens with one attached hydrogen (secondary N) is 1. The molecule has 0 aliphatic carbocycles. The molecule has 128 valence electrons. The lowest BCUT2D eigenvalue weighted by atomic mass is 9.98. The number of ketones is 1. The lowest BCUT2D eigenvalue weighted by molar-refractivity contribution is -0.236. The van der Waals surface area contributed by atoms with Crippen molar-refractivity contribution in [3.05, 3.63) is 0 Å². The molecule has 0 aromatic carbocycles. The molecule has 1 rings (SSSR count). The van der Waals surface area contributed by atoms with Crippen LogP contribution >= 0.6 is 12.6 Å². The molecule has 0 saturated carbocycles. The molecule has 0 spiro atoms. The van der Waals surface area contributed by atoms with Gasteiger partial charge in [0.2, 0.25) is 5.91 Å². The zero-order valence-corrected chi connectivity index (χ0v) is 12.9. The number of carbonyl (C=O) groups excluding carboxylic acids is 2. The van der Waals surface area contributed by atoms with E-state index in [1.807, 2.05) is 0 Å². The van der Waals surface area contributed by atoms with E-state index < -0.39 is 60.2 Å². The summed E-state index contributed by atoms with van der Waals surface area (Å²) in [6.07, 6.45) is -7.50. The molecule has 0 aromatic heterocycles. The molecule has 1 aliphatic rings. The zero-order chi connectivity index (χ0) is 17.0. The van der Waals surface area contributed by atoms with Crippen LogP contribution in [0.15, 0.2) is 0 Å². The van der Waals surface area contributed by atoms with Crippen LogP contribution in [0.3, 0.4) is 0 Å². The number of aliphatic hydroxyl groups is 4. The summed E-state index contributed by atoms with van der Waals surface area (Å²) in [5.41, 5.74) is 5.57. The van der Waals surface area contributed by atoms with E-state index in [4.69, 9.17) is 15.6 Å². The number of amides is 1. The smallest absolute Gasteiger partial charge is 0.224 e. The second-order valence-corrected chi connectivity index (χ2v) is 5.98. The molecule has 1 saturated heterocycles. The van der Waals surface area contributed by atoms with E-state index in [-0.39, 0.29) is 6.42 Å². The standard InChI is InChI=1S/C12H22N2O7S/c1-4(22)8(17)5(13)2-7(16)14-12-11(20)10(19)9(18)6(3-15)21-12/h4-6,9-12,15,18-20,22H,2-3,13H2,1H3,(H,14,16)/t4?,5?,6?,9-,10?,11?,12-/m1/s1. The quantitative estimate of drug-likeness (QED) is 0.245. The molecule has 5 unspecified atom stereocenters. The molecule has 0 radical (unpaired) electrons. The summed E-state index contributed by atoms with van der Waals surface area (Å²) >= 11 is 3.93. The Morgan fingerprint density at radius 2 is 1.86 bits per heavy atom. The normalized spacial score (nSPS) is 34.8. The molecule has 1 heterocycles. The molecule has 0 bridgehead atoms. The minimum atomic E-state index is -1.59. The fraction of sp³-hybridized carbons (Fsp3) is 0.833. The number of thiol groups is 1. The van der Waals surface area contributed by atoms with Crippen LogP contribution in [-0.2, 0) is 14.3 Å². The first-order chi connectivity index (χ1) is 10.2. The Bertz CT molecular complexity index is 407. The SMILES string of the molecule is CC(S)C(=O)C(N)CC(=O)N[C@@H]1OC(CO)[C@@H](O)C(O)C1O. The minimum Gasteiger partial charge on any atom is -0.394 e. The molecule has 9 nitrogen and oxygen atoms in total. The van der Waals surface area contributed by atoms with Crippen molar-refractivity contribution in [2.24, 2.45) is 5.73 Å². The van der Waals surface area contributed by atoms with Gasteiger partial charge >= 0.3 is 0 Å². The van der Waals surface area contributed by atoms with Gasteiger partial charge in [-0.1, -0.05) is 0 Å². The van der Waals surface area contributed by atoms with Crippen molar-refractivity contribution in [2.45, 2.75) is 55.3 Å². The first-order valence-corrected chi connectivity index (χ1v) is 7.28. The molecular formula is C12H22N2O7S. The van der Waals surface area contributed by atoms with Crippen molar-refractivity contribution in [1.82, 2.24) is 5.32 Å². The van der Waals surface area contributed by atoms with Gasteiger partial charge in [-0.05, 0) is 6.92 Å². The highest BCUT2D eigenvalue weighted by Gasteiger charge is 2.44. The minimum absolute atomic E-state index is 0.348. The van der Waals surface area contributed by atoms with Crippen LogP contribution in [0.25, 0.3) is 0 Å². The highest BCUT2D eigenvalue weighted by atomic mass is 32.1. The molecule has 7 atom stereocenters. The molecular weight excluding hydrogens is 316 g/mol. The maximum atomic E-state index is 11.8. The number of hydrogen-bond acceptors (Lipinski definition) is 9. The van der Waals surface area contributed by atoms with Crippen LogP contribution in [0.2, 0.25) is 0 Å². The van der Waals surface area contributed by atoms with Gasteiger partial charge in [0, 0.05) is 6.42 Å². The Kier molecular flexibility index (Phi) is 7.19. The van der Waals surface area contributed by atoms with Gasteiger partial charge < -0.3 is 36.2 Å². The molecule has 10 heteroatoms. The average Bonchev–Trinajstić information content (AvgIpc) is 2.46. The van der Waals surface area contributed by atoms with Crippen molar-refractivity contribution in [3.63, 3.8) is 0 Å². The van der Waals surface area contributed by atoms with Gasteiger partial charge in [-0.2, -0.15) is 12.6 Å². The number of hydrogen-bond donors (Lipinski definition) is 7.